The van der Waals surface area contributed by atoms with Crippen molar-refractivity contribution in [3.63, 3.8) is 0 Å². The van der Waals surface area contributed by atoms with Crippen LogP contribution in [-0.4, -0.2) is 67.9 Å². The largest absolute Gasteiger partial charge is 0.462 e. The average Bonchev–Trinajstić information content (AvgIpc) is 2.96. The number of unbranched alkanes of at least 4 members (excludes halogenated alkanes) is 23. The highest BCUT2D eigenvalue weighted by Gasteiger charge is 2.52. The van der Waals surface area contributed by atoms with Gasteiger partial charge in [0.15, 0.2) is 18.5 Å². The third-order valence-electron chi connectivity index (χ3n) is 16.1. The zero-order chi connectivity index (χ0) is 59.3. The zero-order valence-corrected chi connectivity index (χ0v) is 52.0. The Labute approximate surface area is 507 Å². The summed E-state index contributed by atoms with van der Waals surface area (Å²) in [5.41, 5.74) is 3.49. The number of esters is 3. The molecule has 0 aromatic heterocycles. The molecule has 0 bridgehead atoms. The van der Waals surface area contributed by atoms with Gasteiger partial charge in [-0.2, -0.15) is 0 Å². The molecule has 11 heteroatoms. The van der Waals surface area contributed by atoms with E-state index in [1.807, 2.05) is 121 Å². The first-order valence-corrected chi connectivity index (χ1v) is 33.1. The van der Waals surface area contributed by atoms with Crippen LogP contribution in [-0.2, 0) is 78.7 Å². The fourth-order valence-corrected chi connectivity index (χ4v) is 11.0. The molecule has 0 radical (unpaired) electrons. The quantitative estimate of drug-likeness (QED) is 0.0238. The summed E-state index contributed by atoms with van der Waals surface area (Å²) in [6, 6.07) is 38.7. The predicted octanol–water partition coefficient (Wildman–Crippen LogP) is 18.1. The van der Waals surface area contributed by atoms with Crippen LogP contribution in [0.3, 0.4) is 0 Å². The Kier molecular flexibility index (Phi) is 37.8. The number of hydrogen-bond donors (Lipinski definition) is 0. The van der Waals surface area contributed by atoms with Gasteiger partial charge in [0.25, 0.3) is 0 Å². The summed E-state index contributed by atoms with van der Waals surface area (Å²) in [5, 5.41) is 0. The van der Waals surface area contributed by atoms with Crippen molar-refractivity contribution in [3.8, 4) is 0 Å². The Bertz CT molecular complexity index is 2230. The second kappa shape index (κ2) is 45.4. The van der Waals surface area contributed by atoms with Gasteiger partial charge < -0.3 is 37.9 Å². The van der Waals surface area contributed by atoms with E-state index in [0.717, 1.165) is 73.1 Å². The monoisotopic (exact) mass is 1160 g/mol. The molecular formula is C73H108O11. The van der Waals surface area contributed by atoms with Crippen molar-refractivity contribution in [3.05, 3.63) is 144 Å². The van der Waals surface area contributed by atoms with Crippen LogP contribution in [0.5, 0.6) is 0 Å². The third kappa shape index (κ3) is 30.9. The maximum absolute atomic E-state index is 14.5. The van der Waals surface area contributed by atoms with Gasteiger partial charge in [-0.25, -0.2) is 4.79 Å². The van der Waals surface area contributed by atoms with E-state index in [-0.39, 0.29) is 58.5 Å². The molecule has 0 saturated carbocycles. The van der Waals surface area contributed by atoms with Crippen molar-refractivity contribution in [1.29, 1.82) is 0 Å². The molecule has 0 N–H and O–H groups in total. The molecule has 0 unspecified atom stereocenters. The molecule has 11 nitrogen and oxygen atoms in total. The van der Waals surface area contributed by atoms with Crippen LogP contribution in [0.2, 0.25) is 0 Å². The van der Waals surface area contributed by atoms with Crippen molar-refractivity contribution in [1.82, 2.24) is 0 Å². The van der Waals surface area contributed by atoms with E-state index < -0.39 is 48.7 Å². The second-order valence-corrected chi connectivity index (χ2v) is 23.6. The summed E-state index contributed by atoms with van der Waals surface area (Å²) in [4.78, 5) is 41.6. The van der Waals surface area contributed by atoms with E-state index in [0.29, 0.717) is 6.42 Å². The number of carbonyl (C=O) groups excluding carboxylic acids is 3. The topological polar surface area (TPSA) is 125 Å². The van der Waals surface area contributed by atoms with Gasteiger partial charge in [-0.1, -0.05) is 309 Å². The van der Waals surface area contributed by atoms with E-state index in [1.54, 1.807) is 0 Å². The fourth-order valence-electron chi connectivity index (χ4n) is 11.0. The minimum Gasteiger partial charge on any atom is -0.462 e. The minimum absolute atomic E-state index is 0.00135. The van der Waals surface area contributed by atoms with Crippen LogP contribution in [0.25, 0.3) is 0 Å². The molecule has 4 aromatic rings. The van der Waals surface area contributed by atoms with E-state index in [9.17, 15) is 14.4 Å². The lowest BCUT2D eigenvalue weighted by Crippen LogP contribution is -2.63. The molecule has 0 aliphatic carbocycles. The number of ether oxygens (including phenoxy) is 8. The number of rotatable bonds is 49. The first kappa shape index (κ1) is 69.9. The van der Waals surface area contributed by atoms with Crippen LogP contribution in [0.15, 0.2) is 121 Å². The standard InChI is InChI=1S/C73H108O11/c1-4-6-8-10-12-13-14-15-16-17-19-25-41-53-67(75)83-65(58-77-66(74)52-40-24-21-20-23-31-43-60(3)42-30-22-18-11-9-7-5-2)59-82-73-71(80-56-63-48-36-28-37-49-63)69(79-55-62-46-34-27-35-47-62)68(78-54-61-44-32-26-33-45-61)70(84-73)72(76)81-57-64-50-38-29-39-51-64/h26-29,32-39,44-51,60,65,68-71,73H,4-25,30-31,40-43,52-59H2,1-3H3/t60-,65-,68+,69+,70+,71-,73+/m1/s1. The van der Waals surface area contributed by atoms with Crippen LogP contribution < -0.4 is 0 Å². The van der Waals surface area contributed by atoms with Crippen LogP contribution >= 0.6 is 0 Å². The first-order valence-electron chi connectivity index (χ1n) is 33.1. The average molecular weight is 1160 g/mol. The molecule has 0 amide bonds. The predicted molar refractivity (Wildman–Crippen MR) is 336 cm³/mol. The molecule has 1 saturated heterocycles. The smallest absolute Gasteiger partial charge is 0.338 e. The summed E-state index contributed by atoms with van der Waals surface area (Å²) in [6.45, 7) is 6.96. The summed E-state index contributed by atoms with van der Waals surface area (Å²) >= 11 is 0. The van der Waals surface area contributed by atoms with Crippen LogP contribution in [0, 0.1) is 5.92 Å². The Morgan fingerprint density at radius 2 is 0.762 bits per heavy atom. The second-order valence-electron chi connectivity index (χ2n) is 23.6. The van der Waals surface area contributed by atoms with Gasteiger partial charge in [-0.05, 0) is 41.0 Å². The van der Waals surface area contributed by atoms with Gasteiger partial charge in [-0.15, -0.1) is 0 Å². The normalized spacial score (nSPS) is 17.6. The maximum atomic E-state index is 14.5. The summed E-state index contributed by atoms with van der Waals surface area (Å²) in [5.74, 6) is -0.624. The lowest BCUT2D eigenvalue weighted by molar-refractivity contribution is -0.323. The first-order chi connectivity index (χ1) is 41.3. The number of hydrogen-bond acceptors (Lipinski definition) is 11. The fraction of sp³-hybridized carbons (Fsp3) is 0.630. The molecule has 84 heavy (non-hydrogen) atoms. The van der Waals surface area contributed by atoms with Crippen molar-refractivity contribution in [2.24, 2.45) is 5.92 Å². The minimum atomic E-state index is -1.34. The summed E-state index contributed by atoms with van der Waals surface area (Å²) in [6.07, 6.45) is 28.1. The number of carbonyl (C=O) groups is 3. The van der Waals surface area contributed by atoms with E-state index in [1.165, 1.54) is 128 Å². The summed E-state index contributed by atoms with van der Waals surface area (Å²) in [7, 11) is 0. The van der Waals surface area contributed by atoms with Gasteiger partial charge in [0.05, 0.1) is 26.4 Å². The highest BCUT2D eigenvalue weighted by atomic mass is 16.7. The van der Waals surface area contributed by atoms with Gasteiger partial charge in [-0.3, -0.25) is 9.59 Å². The molecule has 5 rings (SSSR count). The SMILES string of the molecule is CCCCCCCCCCCCCCCC(=O)O[C@H](COC(=O)CCCCCCCC[C@H](C)CCCCCCCCC)CO[C@H]1O[C@H](C(=O)OCc2ccccc2)[C@@H](OCc2ccccc2)[C@H](OCc2ccccc2)[C@H]1OCc1ccccc1. The molecule has 1 aliphatic heterocycles. The van der Waals surface area contributed by atoms with Crippen molar-refractivity contribution in [2.45, 2.75) is 277 Å². The van der Waals surface area contributed by atoms with Crippen molar-refractivity contribution in [2.75, 3.05) is 13.2 Å². The Balaban J connectivity index is 1.25. The molecule has 4 aromatic carbocycles. The Morgan fingerprint density at radius 1 is 0.393 bits per heavy atom. The molecule has 1 fully saturated rings. The molecule has 1 aliphatic rings. The van der Waals surface area contributed by atoms with Crippen molar-refractivity contribution < 1.29 is 52.3 Å². The Morgan fingerprint density at radius 3 is 1.20 bits per heavy atom. The van der Waals surface area contributed by atoms with Gasteiger partial charge in [0.2, 0.25) is 0 Å². The van der Waals surface area contributed by atoms with Crippen LogP contribution in [0.4, 0.5) is 0 Å². The lowest BCUT2D eigenvalue weighted by atomic mass is 9.96. The molecule has 1 heterocycles. The van der Waals surface area contributed by atoms with E-state index in [4.69, 9.17) is 37.9 Å². The van der Waals surface area contributed by atoms with Gasteiger partial charge in [0, 0.05) is 12.8 Å². The Hall–Kier alpha value is -4.91. The van der Waals surface area contributed by atoms with E-state index in [2.05, 4.69) is 20.8 Å². The highest BCUT2D eigenvalue weighted by Crippen LogP contribution is 2.33. The van der Waals surface area contributed by atoms with Gasteiger partial charge in [0.1, 0.15) is 31.5 Å². The zero-order valence-electron chi connectivity index (χ0n) is 52.0. The maximum Gasteiger partial charge on any atom is 0.338 e. The van der Waals surface area contributed by atoms with Gasteiger partial charge >= 0.3 is 17.9 Å². The van der Waals surface area contributed by atoms with E-state index >= 15 is 0 Å². The highest BCUT2D eigenvalue weighted by molar-refractivity contribution is 5.76. The molecule has 7 atom stereocenters. The van der Waals surface area contributed by atoms with Crippen molar-refractivity contribution >= 4 is 17.9 Å². The molecular weight excluding hydrogens is 1050 g/mol. The number of benzene rings is 4. The van der Waals surface area contributed by atoms with Crippen LogP contribution in [0.1, 0.15) is 236 Å². The molecule has 0 spiro atoms. The molecule has 466 valence electrons. The summed E-state index contributed by atoms with van der Waals surface area (Å²) < 4.78 is 51.8. The lowest BCUT2D eigenvalue weighted by Gasteiger charge is -2.45. The third-order valence-corrected chi connectivity index (χ3v) is 16.1.